The van der Waals surface area contributed by atoms with Crippen LogP contribution in [0.1, 0.15) is 33.1 Å². The maximum atomic E-state index is 11.2. The van der Waals surface area contributed by atoms with Crippen LogP contribution in [0.5, 0.6) is 0 Å². The van der Waals surface area contributed by atoms with Crippen LogP contribution in [-0.2, 0) is 9.59 Å². The van der Waals surface area contributed by atoms with Crippen molar-refractivity contribution >= 4 is 11.7 Å². The molecule has 0 aromatic rings. The van der Waals surface area contributed by atoms with Crippen molar-refractivity contribution in [1.82, 2.24) is 5.32 Å². The highest BCUT2D eigenvalue weighted by Crippen LogP contribution is 2.14. The Balaban J connectivity index is 2.70. The molecule has 1 N–H and O–H groups in total. The third-order valence-corrected chi connectivity index (χ3v) is 2.35. The molecule has 0 aromatic carbocycles. The van der Waals surface area contributed by atoms with Gasteiger partial charge in [0.2, 0.25) is 5.91 Å². The van der Waals surface area contributed by atoms with Gasteiger partial charge in [-0.05, 0) is 18.8 Å². The minimum atomic E-state index is -0.179. The standard InChI is InChI=1S/C10H15NO2/c1-3-7(4-2)5-8-9(12)6-10(13)11-8/h5,7H,3-4,6H2,1-2H3,(H,11,13)/b8-5-. The van der Waals surface area contributed by atoms with Gasteiger partial charge in [0, 0.05) is 0 Å². The summed E-state index contributed by atoms with van der Waals surface area (Å²) in [6.07, 6.45) is 3.91. The number of rotatable bonds is 3. The van der Waals surface area contributed by atoms with Crippen LogP contribution in [0.15, 0.2) is 11.8 Å². The van der Waals surface area contributed by atoms with Gasteiger partial charge in [-0.3, -0.25) is 9.59 Å². The van der Waals surface area contributed by atoms with Gasteiger partial charge >= 0.3 is 0 Å². The Labute approximate surface area is 78.2 Å². The number of carbonyl (C=O) groups excluding carboxylic acids is 2. The van der Waals surface area contributed by atoms with Crippen LogP contribution in [0.3, 0.4) is 0 Å². The first-order valence-corrected chi connectivity index (χ1v) is 4.72. The predicted molar refractivity (Wildman–Crippen MR) is 49.9 cm³/mol. The molecule has 13 heavy (non-hydrogen) atoms. The molecule has 1 amide bonds. The molecule has 3 nitrogen and oxygen atoms in total. The Bertz CT molecular complexity index is 252. The molecule has 72 valence electrons. The summed E-state index contributed by atoms with van der Waals surface area (Å²) in [6.45, 7) is 4.15. The van der Waals surface area contributed by atoms with Crippen molar-refractivity contribution in [3.63, 3.8) is 0 Å². The third kappa shape index (κ3) is 2.41. The zero-order valence-electron chi connectivity index (χ0n) is 8.09. The maximum absolute atomic E-state index is 11.2. The molecular formula is C10H15NO2. The van der Waals surface area contributed by atoms with Crippen LogP contribution in [0.25, 0.3) is 0 Å². The zero-order valence-corrected chi connectivity index (χ0v) is 8.09. The first-order valence-electron chi connectivity index (χ1n) is 4.72. The van der Waals surface area contributed by atoms with Crippen molar-refractivity contribution in [3.05, 3.63) is 11.8 Å². The van der Waals surface area contributed by atoms with E-state index in [1.807, 2.05) is 6.08 Å². The van der Waals surface area contributed by atoms with Gasteiger partial charge in [-0.15, -0.1) is 0 Å². The van der Waals surface area contributed by atoms with Gasteiger partial charge < -0.3 is 5.32 Å². The van der Waals surface area contributed by atoms with Crippen molar-refractivity contribution in [3.8, 4) is 0 Å². The van der Waals surface area contributed by atoms with E-state index < -0.39 is 0 Å². The van der Waals surface area contributed by atoms with Gasteiger partial charge in [0.05, 0.1) is 12.1 Å². The van der Waals surface area contributed by atoms with E-state index in [2.05, 4.69) is 19.2 Å². The number of Topliss-reactive ketones (excluding diaryl/α,β-unsaturated/α-hetero) is 1. The first-order chi connectivity index (χ1) is 6.17. The zero-order chi connectivity index (χ0) is 9.84. The van der Waals surface area contributed by atoms with Crippen molar-refractivity contribution in [2.75, 3.05) is 0 Å². The summed E-state index contributed by atoms with van der Waals surface area (Å²) in [7, 11) is 0. The second-order valence-corrected chi connectivity index (χ2v) is 3.31. The number of allylic oxidation sites excluding steroid dienone is 2. The monoisotopic (exact) mass is 181 g/mol. The van der Waals surface area contributed by atoms with E-state index in [0.29, 0.717) is 11.6 Å². The molecular weight excluding hydrogens is 166 g/mol. The van der Waals surface area contributed by atoms with Gasteiger partial charge in [-0.1, -0.05) is 19.9 Å². The van der Waals surface area contributed by atoms with E-state index in [9.17, 15) is 9.59 Å². The lowest BCUT2D eigenvalue weighted by Crippen LogP contribution is -2.13. The lowest BCUT2D eigenvalue weighted by atomic mass is 10.0. The highest BCUT2D eigenvalue weighted by atomic mass is 16.2. The van der Waals surface area contributed by atoms with Crippen LogP contribution >= 0.6 is 0 Å². The number of carbonyl (C=O) groups is 2. The normalized spacial score (nSPS) is 20.1. The lowest BCUT2D eigenvalue weighted by Gasteiger charge is -2.06. The van der Waals surface area contributed by atoms with E-state index in [1.54, 1.807) is 0 Å². The summed E-state index contributed by atoms with van der Waals surface area (Å²) in [5, 5.41) is 2.58. The first kappa shape index (κ1) is 9.96. The van der Waals surface area contributed by atoms with Crippen molar-refractivity contribution in [2.45, 2.75) is 33.1 Å². The fraction of sp³-hybridized carbons (Fsp3) is 0.600. The molecule has 1 rings (SSSR count). The molecule has 0 atom stereocenters. The van der Waals surface area contributed by atoms with Gasteiger partial charge in [0.1, 0.15) is 0 Å². The molecule has 1 fully saturated rings. The van der Waals surface area contributed by atoms with Crippen LogP contribution in [0.4, 0.5) is 0 Å². The lowest BCUT2D eigenvalue weighted by molar-refractivity contribution is -0.121. The molecule has 0 aliphatic carbocycles. The SMILES string of the molecule is CCC(/C=C1\NC(=O)CC1=O)CC. The molecule has 0 saturated carbocycles. The molecule has 0 aromatic heterocycles. The van der Waals surface area contributed by atoms with Crippen LogP contribution in [-0.4, -0.2) is 11.7 Å². The fourth-order valence-electron chi connectivity index (χ4n) is 1.40. The minimum Gasteiger partial charge on any atom is -0.323 e. The Morgan fingerprint density at radius 3 is 2.38 bits per heavy atom. The predicted octanol–water partition coefficient (Wildman–Crippen LogP) is 1.40. The summed E-state index contributed by atoms with van der Waals surface area (Å²) in [5.41, 5.74) is 0.499. The minimum absolute atomic E-state index is 0.0198. The van der Waals surface area contributed by atoms with Gasteiger partial charge in [-0.25, -0.2) is 0 Å². The molecule has 1 aliphatic heterocycles. The Kier molecular flexibility index (Phi) is 3.23. The number of amides is 1. The molecule has 3 heteroatoms. The number of hydrogen-bond acceptors (Lipinski definition) is 2. The van der Waals surface area contributed by atoms with E-state index in [4.69, 9.17) is 0 Å². The average Bonchev–Trinajstić information content (AvgIpc) is 2.41. The molecule has 1 saturated heterocycles. The van der Waals surface area contributed by atoms with E-state index in [-0.39, 0.29) is 18.1 Å². The number of nitrogens with one attached hydrogen (secondary N) is 1. The number of ketones is 1. The maximum Gasteiger partial charge on any atom is 0.232 e. The van der Waals surface area contributed by atoms with Gasteiger partial charge in [-0.2, -0.15) is 0 Å². The van der Waals surface area contributed by atoms with Crippen molar-refractivity contribution in [1.29, 1.82) is 0 Å². The summed E-state index contributed by atoms with van der Waals surface area (Å²) >= 11 is 0. The van der Waals surface area contributed by atoms with E-state index in [1.165, 1.54) is 0 Å². The number of hydrogen-bond donors (Lipinski definition) is 1. The Morgan fingerprint density at radius 2 is 2.00 bits per heavy atom. The largest absolute Gasteiger partial charge is 0.323 e. The smallest absolute Gasteiger partial charge is 0.232 e. The van der Waals surface area contributed by atoms with Gasteiger partial charge in [0.25, 0.3) is 0 Å². The fourth-order valence-corrected chi connectivity index (χ4v) is 1.40. The van der Waals surface area contributed by atoms with E-state index in [0.717, 1.165) is 12.8 Å². The van der Waals surface area contributed by atoms with E-state index >= 15 is 0 Å². The molecule has 0 radical (unpaired) electrons. The van der Waals surface area contributed by atoms with Crippen molar-refractivity contribution in [2.24, 2.45) is 5.92 Å². The Hall–Kier alpha value is -1.12. The van der Waals surface area contributed by atoms with Crippen LogP contribution in [0.2, 0.25) is 0 Å². The molecule has 1 heterocycles. The average molecular weight is 181 g/mol. The quantitative estimate of drug-likeness (QED) is 0.528. The summed E-state index contributed by atoms with van der Waals surface area (Å²) < 4.78 is 0. The molecule has 1 aliphatic rings. The topological polar surface area (TPSA) is 46.2 Å². The van der Waals surface area contributed by atoms with Crippen LogP contribution < -0.4 is 5.32 Å². The summed E-state index contributed by atoms with van der Waals surface area (Å²) in [4.78, 5) is 22.0. The highest BCUT2D eigenvalue weighted by molar-refractivity contribution is 6.14. The van der Waals surface area contributed by atoms with Crippen LogP contribution in [0, 0.1) is 5.92 Å². The summed E-state index contributed by atoms with van der Waals surface area (Å²) in [6, 6.07) is 0. The summed E-state index contributed by atoms with van der Waals surface area (Å²) in [5.74, 6) is 0.149. The second kappa shape index (κ2) is 4.21. The molecule has 0 bridgehead atoms. The van der Waals surface area contributed by atoms with Gasteiger partial charge in [0.15, 0.2) is 5.78 Å². The molecule has 0 spiro atoms. The Morgan fingerprint density at radius 1 is 1.38 bits per heavy atom. The highest BCUT2D eigenvalue weighted by Gasteiger charge is 2.24. The molecule has 0 unspecified atom stereocenters. The second-order valence-electron chi connectivity index (χ2n) is 3.31. The van der Waals surface area contributed by atoms with Crippen molar-refractivity contribution < 1.29 is 9.59 Å². The third-order valence-electron chi connectivity index (χ3n) is 2.35.